The first-order valence-corrected chi connectivity index (χ1v) is 5.18. The van der Waals surface area contributed by atoms with Crippen molar-refractivity contribution in [3.8, 4) is 0 Å². The summed E-state index contributed by atoms with van der Waals surface area (Å²) in [6.07, 6.45) is 0.899. The van der Waals surface area contributed by atoms with Crippen LogP contribution in [0, 0.1) is 5.41 Å². The molecule has 0 saturated carbocycles. The minimum atomic E-state index is -0.475. The molecule has 70 valence electrons. The van der Waals surface area contributed by atoms with E-state index in [1.807, 2.05) is 6.92 Å². The van der Waals surface area contributed by atoms with Crippen LogP contribution in [0.3, 0.4) is 0 Å². The van der Waals surface area contributed by atoms with Gasteiger partial charge in [-0.25, -0.2) is 0 Å². The van der Waals surface area contributed by atoms with E-state index in [0.29, 0.717) is 0 Å². The molecule has 1 aliphatic heterocycles. The molecule has 0 aromatic carbocycles. The van der Waals surface area contributed by atoms with Gasteiger partial charge in [0.25, 0.3) is 0 Å². The Bertz CT molecular complexity index is 186. The van der Waals surface area contributed by atoms with Gasteiger partial charge < -0.3 is 10.5 Å². The van der Waals surface area contributed by atoms with Crippen molar-refractivity contribution in [3.05, 3.63) is 0 Å². The number of thioether (sulfide) groups is 1. The molecule has 2 N–H and O–H groups in total. The van der Waals surface area contributed by atoms with E-state index in [0.717, 1.165) is 17.9 Å². The summed E-state index contributed by atoms with van der Waals surface area (Å²) in [4.78, 5) is 11.4. The minimum absolute atomic E-state index is 0.0498. The molecule has 0 amide bonds. The maximum absolute atomic E-state index is 11.4. The summed E-state index contributed by atoms with van der Waals surface area (Å²) < 4.78 is 4.73. The molecular weight excluding hydrogens is 174 g/mol. The SMILES string of the molecule is COC(=O)C1(C)CSCCC1N. The second-order valence-electron chi connectivity index (χ2n) is 3.36. The van der Waals surface area contributed by atoms with Crippen LogP contribution in [0.4, 0.5) is 0 Å². The summed E-state index contributed by atoms with van der Waals surface area (Å²) in [5.41, 5.74) is 5.40. The van der Waals surface area contributed by atoms with E-state index >= 15 is 0 Å². The third-order valence-corrected chi connectivity index (χ3v) is 3.77. The van der Waals surface area contributed by atoms with Gasteiger partial charge in [0.2, 0.25) is 0 Å². The Labute approximate surface area is 77.0 Å². The topological polar surface area (TPSA) is 52.3 Å². The van der Waals surface area contributed by atoms with Gasteiger partial charge in [0, 0.05) is 11.8 Å². The number of nitrogens with two attached hydrogens (primary N) is 1. The fourth-order valence-electron chi connectivity index (χ4n) is 1.36. The summed E-state index contributed by atoms with van der Waals surface area (Å²) >= 11 is 1.77. The van der Waals surface area contributed by atoms with Gasteiger partial charge in [-0.3, -0.25) is 4.79 Å². The number of ether oxygens (including phenoxy) is 1. The van der Waals surface area contributed by atoms with Crippen LogP contribution in [-0.2, 0) is 9.53 Å². The van der Waals surface area contributed by atoms with Gasteiger partial charge in [-0.15, -0.1) is 0 Å². The molecule has 4 heteroatoms. The highest BCUT2D eigenvalue weighted by molar-refractivity contribution is 7.99. The highest BCUT2D eigenvalue weighted by Gasteiger charge is 2.42. The lowest BCUT2D eigenvalue weighted by molar-refractivity contribution is -0.151. The molecule has 1 saturated heterocycles. The highest BCUT2D eigenvalue weighted by atomic mass is 32.2. The van der Waals surface area contributed by atoms with E-state index in [-0.39, 0.29) is 12.0 Å². The van der Waals surface area contributed by atoms with Crippen LogP contribution in [0.15, 0.2) is 0 Å². The zero-order chi connectivity index (χ0) is 9.19. The first-order chi connectivity index (χ1) is 5.61. The first kappa shape index (κ1) is 9.86. The van der Waals surface area contributed by atoms with Crippen molar-refractivity contribution in [2.45, 2.75) is 19.4 Å². The molecule has 0 aliphatic carbocycles. The molecule has 1 aliphatic rings. The normalized spacial score (nSPS) is 36.1. The second kappa shape index (κ2) is 3.66. The van der Waals surface area contributed by atoms with Gasteiger partial charge in [-0.05, 0) is 19.1 Å². The molecule has 0 aromatic heterocycles. The fourth-order valence-corrected chi connectivity index (χ4v) is 2.68. The van der Waals surface area contributed by atoms with Crippen LogP contribution >= 0.6 is 11.8 Å². The van der Waals surface area contributed by atoms with E-state index in [4.69, 9.17) is 10.5 Å². The fraction of sp³-hybridized carbons (Fsp3) is 0.875. The zero-order valence-electron chi connectivity index (χ0n) is 7.50. The molecule has 0 spiro atoms. The molecular formula is C8H15NO2S. The number of hydrogen-bond donors (Lipinski definition) is 1. The number of esters is 1. The average molecular weight is 189 g/mol. The summed E-state index contributed by atoms with van der Waals surface area (Å²) in [7, 11) is 1.42. The van der Waals surface area contributed by atoms with Crippen LogP contribution in [0.1, 0.15) is 13.3 Å². The molecule has 0 aromatic rings. The van der Waals surface area contributed by atoms with Gasteiger partial charge in [0.1, 0.15) is 0 Å². The standard InChI is InChI=1S/C8H15NO2S/c1-8(7(10)11-2)5-12-4-3-6(8)9/h6H,3-5,9H2,1-2H3. The maximum Gasteiger partial charge on any atom is 0.313 e. The van der Waals surface area contributed by atoms with Crippen molar-refractivity contribution < 1.29 is 9.53 Å². The average Bonchev–Trinajstić information content (AvgIpc) is 2.09. The van der Waals surface area contributed by atoms with Crippen molar-refractivity contribution in [1.29, 1.82) is 0 Å². The molecule has 1 rings (SSSR count). The molecule has 12 heavy (non-hydrogen) atoms. The van der Waals surface area contributed by atoms with Gasteiger partial charge in [0.05, 0.1) is 12.5 Å². The smallest absolute Gasteiger partial charge is 0.313 e. The molecule has 0 radical (unpaired) electrons. The molecule has 1 heterocycles. The molecule has 1 fully saturated rings. The van der Waals surface area contributed by atoms with Crippen LogP contribution in [0.5, 0.6) is 0 Å². The minimum Gasteiger partial charge on any atom is -0.469 e. The second-order valence-corrected chi connectivity index (χ2v) is 4.46. The van der Waals surface area contributed by atoms with Gasteiger partial charge in [0.15, 0.2) is 0 Å². The number of methoxy groups -OCH3 is 1. The van der Waals surface area contributed by atoms with Crippen LogP contribution in [0.25, 0.3) is 0 Å². The van der Waals surface area contributed by atoms with Crippen LogP contribution in [0.2, 0.25) is 0 Å². The predicted octanol–water partition coefficient (Wildman–Crippen LogP) is 0.630. The van der Waals surface area contributed by atoms with Crippen molar-refractivity contribution >= 4 is 17.7 Å². The van der Waals surface area contributed by atoms with Crippen LogP contribution in [-0.4, -0.2) is 30.6 Å². The summed E-state index contributed by atoms with van der Waals surface area (Å²) in [6, 6.07) is -0.0498. The molecule has 2 unspecified atom stereocenters. The Morgan fingerprint density at radius 3 is 2.92 bits per heavy atom. The number of hydrogen-bond acceptors (Lipinski definition) is 4. The summed E-state index contributed by atoms with van der Waals surface area (Å²) in [5, 5.41) is 0. The summed E-state index contributed by atoms with van der Waals surface area (Å²) in [6.45, 7) is 1.88. The Morgan fingerprint density at radius 1 is 1.75 bits per heavy atom. The van der Waals surface area contributed by atoms with Gasteiger partial charge in [-0.2, -0.15) is 11.8 Å². The number of carbonyl (C=O) groups is 1. The van der Waals surface area contributed by atoms with Crippen molar-refractivity contribution in [1.82, 2.24) is 0 Å². The monoisotopic (exact) mass is 189 g/mol. The Kier molecular flexibility index (Phi) is 3.01. The molecule has 2 atom stereocenters. The quantitative estimate of drug-likeness (QED) is 0.615. The third kappa shape index (κ3) is 1.59. The first-order valence-electron chi connectivity index (χ1n) is 4.03. The van der Waals surface area contributed by atoms with Crippen molar-refractivity contribution in [2.24, 2.45) is 11.1 Å². The number of rotatable bonds is 1. The lowest BCUT2D eigenvalue weighted by atomic mass is 9.83. The van der Waals surface area contributed by atoms with E-state index in [2.05, 4.69) is 0 Å². The molecule has 3 nitrogen and oxygen atoms in total. The zero-order valence-corrected chi connectivity index (χ0v) is 8.32. The Morgan fingerprint density at radius 2 is 2.42 bits per heavy atom. The van der Waals surface area contributed by atoms with Gasteiger partial charge in [-0.1, -0.05) is 0 Å². The predicted molar refractivity (Wildman–Crippen MR) is 50.0 cm³/mol. The van der Waals surface area contributed by atoms with Crippen molar-refractivity contribution in [3.63, 3.8) is 0 Å². The van der Waals surface area contributed by atoms with E-state index in [1.54, 1.807) is 11.8 Å². The van der Waals surface area contributed by atoms with E-state index < -0.39 is 5.41 Å². The Balaban J connectivity index is 2.72. The summed E-state index contributed by atoms with van der Waals surface area (Å²) in [5.74, 6) is 1.65. The number of carbonyl (C=O) groups excluding carboxylic acids is 1. The molecule has 0 bridgehead atoms. The third-order valence-electron chi connectivity index (χ3n) is 2.45. The highest BCUT2D eigenvalue weighted by Crippen LogP contribution is 2.34. The van der Waals surface area contributed by atoms with E-state index in [9.17, 15) is 4.79 Å². The largest absolute Gasteiger partial charge is 0.469 e. The maximum atomic E-state index is 11.4. The van der Waals surface area contributed by atoms with Gasteiger partial charge >= 0.3 is 5.97 Å². The van der Waals surface area contributed by atoms with E-state index in [1.165, 1.54) is 7.11 Å². The lowest BCUT2D eigenvalue weighted by Gasteiger charge is -2.35. The Hall–Kier alpha value is -0.220. The lowest BCUT2D eigenvalue weighted by Crippen LogP contribution is -2.50. The van der Waals surface area contributed by atoms with Crippen LogP contribution < -0.4 is 5.73 Å². The van der Waals surface area contributed by atoms with Crippen molar-refractivity contribution in [2.75, 3.05) is 18.6 Å².